The Hall–Kier alpha value is -1.88. The van der Waals surface area contributed by atoms with E-state index in [0.29, 0.717) is 25.8 Å². The van der Waals surface area contributed by atoms with E-state index in [1.54, 1.807) is 0 Å². The maximum absolute atomic E-state index is 11.7. The zero-order chi connectivity index (χ0) is 13.7. The van der Waals surface area contributed by atoms with E-state index < -0.39 is 0 Å². The number of carbonyl (C=O) groups excluding carboxylic acids is 2. The van der Waals surface area contributed by atoms with Crippen molar-refractivity contribution in [2.45, 2.75) is 31.3 Å². The van der Waals surface area contributed by atoms with Crippen molar-refractivity contribution in [2.24, 2.45) is 5.73 Å². The Kier molecular flexibility index (Phi) is 4.52. The summed E-state index contributed by atoms with van der Waals surface area (Å²) < 4.78 is 0. The molecule has 0 saturated carbocycles. The molecule has 0 bridgehead atoms. The Morgan fingerprint density at radius 3 is 2.79 bits per heavy atom. The van der Waals surface area contributed by atoms with Crippen LogP contribution in [0.5, 0.6) is 0 Å². The lowest BCUT2D eigenvalue weighted by Gasteiger charge is -2.14. The van der Waals surface area contributed by atoms with E-state index in [9.17, 15) is 9.59 Å². The summed E-state index contributed by atoms with van der Waals surface area (Å²) in [6.45, 7) is 0.515. The standard InChI is InChI=1S/C14H19N3O2/c15-11(10-4-2-1-3-5-10)8-9-16-14(19)12-6-7-13(18)17-12/h1-5,11-12H,6-9,15H2,(H,16,19)(H,17,18). The first-order valence-electron chi connectivity index (χ1n) is 6.54. The van der Waals surface area contributed by atoms with Crippen molar-refractivity contribution in [1.82, 2.24) is 10.6 Å². The first kappa shape index (κ1) is 13.5. The number of amides is 2. The van der Waals surface area contributed by atoms with Gasteiger partial charge in [0.2, 0.25) is 11.8 Å². The van der Waals surface area contributed by atoms with E-state index in [-0.39, 0.29) is 23.9 Å². The average molecular weight is 261 g/mol. The number of hydrogen-bond donors (Lipinski definition) is 3. The third-order valence-electron chi connectivity index (χ3n) is 3.29. The summed E-state index contributed by atoms with van der Waals surface area (Å²) in [7, 11) is 0. The monoisotopic (exact) mass is 261 g/mol. The normalized spacial score (nSPS) is 19.8. The summed E-state index contributed by atoms with van der Waals surface area (Å²) >= 11 is 0. The predicted molar refractivity (Wildman–Crippen MR) is 72.2 cm³/mol. The van der Waals surface area contributed by atoms with E-state index >= 15 is 0 Å². The summed E-state index contributed by atoms with van der Waals surface area (Å²) in [5.41, 5.74) is 7.10. The number of carbonyl (C=O) groups is 2. The van der Waals surface area contributed by atoms with Crippen molar-refractivity contribution in [1.29, 1.82) is 0 Å². The Balaban J connectivity index is 1.72. The summed E-state index contributed by atoms with van der Waals surface area (Å²) in [5.74, 6) is -0.174. The SMILES string of the molecule is NC(CCNC(=O)C1CCC(=O)N1)c1ccccc1. The van der Waals surface area contributed by atoms with Gasteiger partial charge in [0.25, 0.3) is 0 Å². The van der Waals surface area contributed by atoms with Gasteiger partial charge in [0.1, 0.15) is 6.04 Å². The zero-order valence-corrected chi connectivity index (χ0v) is 10.8. The molecule has 2 amide bonds. The van der Waals surface area contributed by atoms with Crippen molar-refractivity contribution >= 4 is 11.8 Å². The van der Waals surface area contributed by atoms with Crippen LogP contribution in [0.15, 0.2) is 30.3 Å². The lowest BCUT2D eigenvalue weighted by atomic mass is 10.1. The molecule has 1 aliphatic rings. The molecule has 5 heteroatoms. The highest BCUT2D eigenvalue weighted by Crippen LogP contribution is 2.12. The summed E-state index contributed by atoms with van der Waals surface area (Å²) in [6.07, 6.45) is 1.69. The Morgan fingerprint density at radius 1 is 1.42 bits per heavy atom. The van der Waals surface area contributed by atoms with Gasteiger partial charge in [-0.05, 0) is 18.4 Å². The summed E-state index contributed by atoms with van der Waals surface area (Å²) in [4.78, 5) is 22.8. The van der Waals surface area contributed by atoms with Crippen LogP contribution in [0.4, 0.5) is 0 Å². The second-order valence-corrected chi connectivity index (χ2v) is 4.76. The molecule has 102 valence electrons. The molecule has 5 nitrogen and oxygen atoms in total. The maximum Gasteiger partial charge on any atom is 0.242 e. The highest BCUT2D eigenvalue weighted by molar-refractivity contribution is 5.90. The average Bonchev–Trinajstić information content (AvgIpc) is 2.86. The van der Waals surface area contributed by atoms with Crippen LogP contribution in [0, 0.1) is 0 Å². The molecule has 1 aromatic carbocycles. The molecule has 4 N–H and O–H groups in total. The first-order valence-corrected chi connectivity index (χ1v) is 6.54. The highest BCUT2D eigenvalue weighted by atomic mass is 16.2. The molecule has 1 saturated heterocycles. The molecule has 19 heavy (non-hydrogen) atoms. The van der Waals surface area contributed by atoms with E-state index in [2.05, 4.69) is 10.6 Å². The fourth-order valence-electron chi connectivity index (χ4n) is 2.15. The van der Waals surface area contributed by atoms with Gasteiger partial charge in [-0.15, -0.1) is 0 Å². The second-order valence-electron chi connectivity index (χ2n) is 4.76. The zero-order valence-electron chi connectivity index (χ0n) is 10.8. The number of hydrogen-bond acceptors (Lipinski definition) is 3. The van der Waals surface area contributed by atoms with Gasteiger partial charge >= 0.3 is 0 Å². The molecule has 2 atom stereocenters. The summed E-state index contributed by atoms with van der Waals surface area (Å²) in [5, 5.41) is 5.45. The molecule has 2 unspecified atom stereocenters. The molecule has 1 heterocycles. The molecule has 0 aliphatic carbocycles. The lowest BCUT2D eigenvalue weighted by molar-refractivity contribution is -0.125. The van der Waals surface area contributed by atoms with Gasteiger partial charge in [-0.25, -0.2) is 0 Å². The van der Waals surface area contributed by atoms with E-state index in [1.165, 1.54) is 0 Å². The van der Waals surface area contributed by atoms with Gasteiger partial charge in [0.05, 0.1) is 0 Å². The Bertz CT molecular complexity index is 447. The highest BCUT2D eigenvalue weighted by Gasteiger charge is 2.26. The topological polar surface area (TPSA) is 84.2 Å². The Morgan fingerprint density at radius 2 is 2.16 bits per heavy atom. The second kappa shape index (κ2) is 6.33. The fraction of sp³-hybridized carbons (Fsp3) is 0.429. The smallest absolute Gasteiger partial charge is 0.242 e. The van der Waals surface area contributed by atoms with E-state index in [1.807, 2.05) is 30.3 Å². The first-order chi connectivity index (χ1) is 9.16. The van der Waals surface area contributed by atoms with E-state index in [0.717, 1.165) is 5.56 Å². The van der Waals surface area contributed by atoms with Gasteiger partial charge in [-0.2, -0.15) is 0 Å². The van der Waals surface area contributed by atoms with Crippen LogP contribution in [0.3, 0.4) is 0 Å². The minimum absolute atomic E-state index is 0.0545. The molecule has 0 radical (unpaired) electrons. The number of benzene rings is 1. The van der Waals surface area contributed by atoms with Crippen LogP contribution in [-0.4, -0.2) is 24.4 Å². The third-order valence-corrected chi connectivity index (χ3v) is 3.29. The molecule has 0 spiro atoms. The van der Waals surface area contributed by atoms with Crippen LogP contribution in [0.1, 0.15) is 30.9 Å². The maximum atomic E-state index is 11.7. The van der Waals surface area contributed by atoms with Gasteiger partial charge in [0.15, 0.2) is 0 Å². The third kappa shape index (κ3) is 3.79. The molecular formula is C14H19N3O2. The summed E-state index contributed by atoms with van der Waals surface area (Å²) in [6, 6.07) is 9.33. The number of nitrogens with one attached hydrogen (secondary N) is 2. The molecule has 1 fully saturated rings. The van der Waals surface area contributed by atoms with Gasteiger partial charge in [-0.3, -0.25) is 9.59 Å². The van der Waals surface area contributed by atoms with Gasteiger partial charge < -0.3 is 16.4 Å². The van der Waals surface area contributed by atoms with Crippen molar-refractivity contribution < 1.29 is 9.59 Å². The number of nitrogens with two attached hydrogens (primary N) is 1. The van der Waals surface area contributed by atoms with Crippen LogP contribution in [0.2, 0.25) is 0 Å². The van der Waals surface area contributed by atoms with E-state index in [4.69, 9.17) is 5.73 Å². The van der Waals surface area contributed by atoms with Crippen LogP contribution < -0.4 is 16.4 Å². The van der Waals surface area contributed by atoms with Crippen molar-refractivity contribution in [3.8, 4) is 0 Å². The molecule has 1 aromatic rings. The van der Waals surface area contributed by atoms with Crippen LogP contribution in [-0.2, 0) is 9.59 Å². The molecule has 1 aliphatic heterocycles. The van der Waals surface area contributed by atoms with Crippen molar-refractivity contribution in [2.75, 3.05) is 6.54 Å². The predicted octanol–water partition coefficient (Wildman–Crippen LogP) is 0.471. The molecule has 0 aromatic heterocycles. The minimum Gasteiger partial charge on any atom is -0.354 e. The van der Waals surface area contributed by atoms with Crippen molar-refractivity contribution in [3.63, 3.8) is 0 Å². The molecular weight excluding hydrogens is 242 g/mol. The van der Waals surface area contributed by atoms with Crippen LogP contribution >= 0.6 is 0 Å². The van der Waals surface area contributed by atoms with Crippen molar-refractivity contribution in [3.05, 3.63) is 35.9 Å². The van der Waals surface area contributed by atoms with Gasteiger partial charge in [0, 0.05) is 19.0 Å². The molecule has 2 rings (SSSR count). The van der Waals surface area contributed by atoms with Gasteiger partial charge in [-0.1, -0.05) is 30.3 Å². The Labute approximate surface area is 112 Å². The number of rotatable bonds is 5. The lowest BCUT2D eigenvalue weighted by Crippen LogP contribution is -2.42. The minimum atomic E-state index is -0.375. The largest absolute Gasteiger partial charge is 0.354 e. The fourth-order valence-corrected chi connectivity index (χ4v) is 2.15. The van der Waals surface area contributed by atoms with Crippen LogP contribution in [0.25, 0.3) is 0 Å². The quantitative estimate of drug-likeness (QED) is 0.720.